The minimum atomic E-state index is -2.51. The molecule has 17 heavy (non-hydrogen) atoms. The summed E-state index contributed by atoms with van der Waals surface area (Å²) >= 11 is 0. The van der Waals surface area contributed by atoms with Crippen molar-refractivity contribution in [3.8, 4) is 0 Å². The second-order valence-electron chi connectivity index (χ2n) is 3.70. The van der Waals surface area contributed by atoms with Crippen LogP contribution in [0.5, 0.6) is 0 Å². The highest BCUT2D eigenvalue weighted by atomic mass is 19.3. The van der Waals surface area contributed by atoms with Gasteiger partial charge in [-0.2, -0.15) is 0 Å². The third-order valence-corrected chi connectivity index (χ3v) is 2.37. The number of hydrogen-bond acceptors (Lipinski definition) is 3. The molecule has 0 aliphatic carbocycles. The average molecular weight is 250 g/mol. The maximum absolute atomic E-state index is 11.7. The van der Waals surface area contributed by atoms with Gasteiger partial charge in [0.15, 0.2) is 0 Å². The van der Waals surface area contributed by atoms with Gasteiger partial charge in [0, 0.05) is 26.1 Å². The molecule has 0 bridgehead atoms. The standard InChI is InChI=1S/C10H16F2N2O3/c11-8(12)7-17-6-2-10(16)14-4-1-9(15)13-3-5-14/h8H,1-7H2,(H,13,15). The minimum absolute atomic E-state index is 0.0128. The molecule has 1 heterocycles. The summed E-state index contributed by atoms with van der Waals surface area (Å²) in [6, 6.07) is 0. The van der Waals surface area contributed by atoms with Crippen LogP contribution in [0.4, 0.5) is 8.78 Å². The molecule has 2 amide bonds. The lowest BCUT2D eigenvalue weighted by Gasteiger charge is -2.19. The quantitative estimate of drug-likeness (QED) is 0.699. The molecule has 0 radical (unpaired) electrons. The Kier molecular flexibility index (Phi) is 5.82. The summed E-state index contributed by atoms with van der Waals surface area (Å²) in [7, 11) is 0. The van der Waals surface area contributed by atoms with Crippen molar-refractivity contribution in [2.45, 2.75) is 19.3 Å². The molecule has 0 aromatic heterocycles. The Morgan fingerprint density at radius 1 is 1.47 bits per heavy atom. The Labute approximate surface area is 98.1 Å². The molecule has 98 valence electrons. The lowest BCUT2D eigenvalue weighted by atomic mass is 10.3. The van der Waals surface area contributed by atoms with Gasteiger partial charge in [-0.05, 0) is 0 Å². The van der Waals surface area contributed by atoms with Crippen LogP contribution in [0, 0.1) is 0 Å². The summed E-state index contributed by atoms with van der Waals surface area (Å²) in [6.45, 7) is 0.607. The highest BCUT2D eigenvalue weighted by molar-refractivity contribution is 5.80. The van der Waals surface area contributed by atoms with Crippen molar-refractivity contribution in [3.63, 3.8) is 0 Å². The van der Waals surface area contributed by atoms with Crippen molar-refractivity contribution in [2.75, 3.05) is 32.8 Å². The number of carbonyl (C=O) groups is 2. The molecule has 7 heteroatoms. The smallest absolute Gasteiger partial charge is 0.261 e. The van der Waals surface area contributed by atoms with Crippen LogP contribution in [0.25, 0.3) is 0 Å². The fourth-order valence-electron chi connectivity index (χ4n) is 1.51. The number of nitrogens with zero attached hydrogens (tertiary/aromatic N) is 1. The molecule has 1 aliphatic heterocycles. The molecule has 0 saturated carbocycles. The van der Waals surface area contributed by atoms with Crippen LogP contribution < -0.4 is 5.32 Å². The Balaban J connectivity index is 2.20. The Hall–Kier alpha value is -1.24. The predicted molar refractivity (Wildman–Crippen MR) is 55.6 cm³/mol. The molecule has 0 spiro atoms. The minimum Gasteiger partial charge on any atom is -0.375 e. The SMILES string of the molecule is O=C1CCN(C(=O)CCOCC(F)F)CCN1. The van der Waals surface area contributed by atoms with Gasteiger partial charge in [0.25, 0.3) is 6.43 Å². The van der Waals surface area contributed by atoms with Crippen LogP contribution in [-0.2, 0) is 14.3 Å². The van der Waals surface area contributed by atoms with Gasteiger partial charge in [-0.1, -0.05) is 0 Å². The maximum atomic E-state index is 11.7. The van der Waals surface area contributed by atoms with E-state index >= 15 is 0 Å². The topological polar surface area (TPSA) is 58.6 Å². The monoisotopic (exact) mass is 250 g/mol. The van der Waals surface area contributed by atoms with E-state index in [1.165, 1.54) is 0 Å². The first kappa shape index (κ1) is 13.8. The van der Waals surface area contributed by atoms with E-state index in [4.69, 9.17) is 0 Å². The van der Waals surface area contributed by atoms with Crippen molar-refractivity contribution >= 4 is 11.8 Å². The number of ether oxygens (including phenoxy) is 1. The molecule has 1 saturated heterocycles. The number of hydrogen-bond donors (Lipinski definition) is 1. The van der Waals surface area contributed by atoms with Crippen LogP contribution in [0.3, 0.4) is 0 Å². The van der Waals surface area contributed by atoms with E-state index in [0.29, 0.717) is 19.6 Å². The van der Waals surface area contributed by atoms with Gasteiger partial charge in [-0.3, -0.25) is 9.59 Å². The normalized spacial score (nSPS) is 16.9. The second kappa shape index (κ2) is 7.16. The van der Waals surface area contributed by atoms with Crippen LogP contribution in [0.2, 0.25) is 0 Å². The highest BCUT2D eigenvalue weighted by Gasteiger charge is 2.17. The zero-order valence-electron chi connectivity index (χ0n) is 9.45. The van der Waals surface area contributed by atoms with Gasteiger partial charge in [0.05, 0.1) is 13.0 Å². The Morgan fingerprint density at radius 3 is 2.94 bits per heavy atom. The maximum Gasteiger partial charge on any atom is 0.261 e. The first-order chi connectivity index (χ1) is 8.09. The molecule has 1 aliphatic rings. The average Bonchev–Trinajstić information content (AvgIpc) is 2.49. The lowest BCUT2D eigenvalue weighted by molar-refractivity contribution is -0.132. The first-order valence-corrected chi connectivity index (χ1v) is 5.50. The van der Waals surface area contributed by atoms with Gasteiger partial charge < -0.3 is 15.0 Å². The molecular weight excluding hydrogens is 234 g/mol. The van der Waals surface area contributed by atoms with E-state index < -0.39 is 13.0 Å². The van der Waals surface area contributed by atoms with Crippen molar-refractivity contribution in [3.05, 3.63) is 0 Å². The summed E-state index contributed by atoms with van der Waals surface area (Å²) < 4.78 is 28.1. The molecule has 0 unspecified atom stereocenters. The summed E-state index contributed by atoms with van der Waals surface area (Å²) in [5.74, 6) is -0.245. The van der Waals surface area contributed by atoms with Gasteiger partial charge in [0.2, 0.25) is 11.8 Å². The van der Waals surface area contributed by atoms with Crippen molar-refractivity contribution < 1.29 is 23.1 Å². The van der Waals surface area contributed by atoms with E-state index in [-0.39, 0.29) is 31.3 Å². The summed E-state index contributed by atoms with van der Waals surface area (Å²) in [6.07, 6.45) is -2.16. The molecular formula is C10H16F2N2O3. The van der Waals surface area contributed by atoms with Gasteiger partial charge in [-0.15, -0.1) is 0 Å². The van der Waals surface area contributed by atoms with Crippen LogP contribution in [-0.4, -0.2) is 56.0 Å². The van der Waals surface area contributed by atoms with E-state index in [1.807, 2.05) is 0 Å². The molecule has 0 aromatic rings. The summed E-state index contributed by atoms with van der Waals surface area (Å²) in [5, 5.41) is 2.65. The molecule has 0 aromatic carbocycles. The lowest BCUT2D eigenvalue weighted by Crippen LogP contribution is -2.34. The fourth-order valence-corrected chi connectivity index (χ4v) is 1.51. The van der Waals surface area contributed by atoms with Gasteiger partial charge in [-0.25, -0.2) is 8.78 Å². The summed E-state index contributed by atoms with van der Waals surface area (Å²) in [4.78, 5) is 24.2. The number of rotatable bonds is 5. The second-order valence-corrected chi connectivity index (χ2v) is 3.70. The number of halogens is 2. The summed E-state index contributed by atoms with van der Waals surface area (Å²) in [5.41, 5.74) is 0. The number of carbonyl (C=O) groups excluding carboxylic acids is 2. The molecule has 1 fully saturated rings. The van der Waals surface area contributed by atoms with Gasteiger partial charge >= 0.3 is 0 Å². The van der Waals surface area contributed by atoms with E-state index in [1.54, 1.807) is 4.90 Å². The third-order valence-electron chi connectivity index (χ3n) is 2.37. The van der Waals surface area contributed by atoms with Crippen LogP contribution >= 0.6 is 0 Å². The third kappa shape index (κ3) is 5.58. The number of alkyl halides is 2. The number of nitrogens with one attached hydrogen (secondary N) is 1. The van der Waals surface area contributed by atoms with Crippen molar-refractivity contribution in [2.24, 2.45) is 0 Å². The van der Waals surface area contributed by atoms with Crippen LogP contribution in [0.1, 0.15) is 12.8 Å². The Morgan fingerprint density at radius 2 is 2.24 bits per heavy atom. The zero-order valence-corrected chi connectivity index (χ0v) is 9.45. The van der Waals surface area contributed by atoms with Crippen molar-refractivity contribution in [1.82, 2.24) is 10.2 Å². The predicted octanol–water partition coefficient (Wildman–Crippen LogP) is 0.00670. The van der Waals surface area contributed by atoms with Crippen LogP contribution in [0.15, 0.2) is 0 Å². The Bertz CT molecular complexity index is 274. The molecule has 1 N–H and O–H groups in total. The largest absolute Gasteiger partial charge is 0.375 e. The molecule has 1 rings (SSSR count). The van der Waals surface area contributed by atoms with E-state index in [2.05, 4.69) is 10.1 Å². The van der Waals surface area contributed by atoms with Gasteiger partial charge in [0.1, 0.15) is 6.61 Å². The fraction of sp³-hybridized carbons (Fsp3) is 0.800. The zero-order chi connectivity index (χ0) is 12.7. The molecule has 0 atom stereocenters. The van der Waals surface area contributed by atoms with E-state index in [0.717, 1.165) is 0 Å². The van der Waals surface area contributed by atoms with Crippen molar-refractivity contribution in [1.29, 1.82) is 0 Å². The highest BCUT2D eigenvalue weighted by Crippen LogP contribution is 2.01. The number of amides is 2. The molecule has 5 nitrogen and oxygen atoms in total. The van der Waals surface area contributed by atoms with E-state index in [9.17, 15) is 18.4 Å². The first-order valence-electron chi connectivity index (χ1n) is 5.50.